The van der Waals surface area contributed by atoms with Gasteiger partial charge in [0.25, 0.3) is 0 Å². The van der Waals surface area contributed by atoms with Crippen molar-refractivity contribution in [2.24, 2.45) is 0 Å². The van der Waals surface area contributed by atoms with E-state index in [0.29, 0.717) is 18.0 Å². The van der Waals surface area contributed by atoms with Crippen LogP contribution in [-0.4, -0.2) is 32.9 Å². The SMILES string of the molecule is CCN(CC)S(=O)(=O)c1ccc([C@@H](C)[NH2+]Cc2cc(C)ccc2OC)cc1. The Morgan fingerprint density at radius 2 is 1.70 bits per heavy atom. The number of rotatable bonds is 9. The lowest BCUT2D eigenvalue weighted by Gasteiger charge is -2.19. The first-order valence-electron chi connectivity index (χ1n) is 9.40. The van der Waals surface area contributed by atoms with Crippen LogP contribution in [0.5, 0.6) is 5.75 Å². The minimum atomic E-state index is -3.41. The van der Waals surface area contributed by atoms with E-state index in [1.807, 2.05) is 38.1 Å². The van der Waals surface area contributed by atoms with Crippen LogP contribution in [-0.2, 0) is 16.6 Å². The van der Waals surface area contributed by atoms with Gasteiger partial charge >= 0.3 is 0 Å². The predicted molar refractivity (Wildman–Crippen MR) is 108 cm³/mol. The lowest BCUT2D eigenvalue weighted by atomic mass is 10.1. The summed E-state index contributed by atoms with van der Waals surface area (Å²) >= 11 is 0. The van der Waals surface area contributed by atoms with Crippen LogP contribution in [0.3, 0.4) is 0 Å². The topological polar surface area (TPSA) is 63.2 Å². The molecule has 6 heteroatoms. The van der Waals surface area contributed by atoms with Crippen LogP contribution < -0.4 is 10.1 Å². The molecule has 0 spiro atoms. The summed E-state index contributed by atoms with van der Waals surface area (Å²) in [5, 5.41) is 2.23. The molecule has 5 nitrogen and oxygen atoms in total. The minimum absolute atomic E-state index is 0.209. The smallest absolute Gasteiger partial charge is 0.243 e. The van der Waals surface area contributed by atoms with Crippen molar-refractivity contribution in [3.05, 3.63) is 59.2 Å². The van der Waals surface area contributed by atoms with Crippen LogP contribution in [0.2, 0.25) is 0 Å². The van der Waals surface area contributed by atoms with Crippen LogP contribution in [0.1, 0.15) is 43.5 Å². The highest BCUT2D eigenvalue weighted by Gasteiger charge is 2.22. The normalized spacial score (nSPS) is 13.0. The van der Waals surface area contributed by atoms with Crippen LogP contribution in [0.15, 0.2) is 47.4 Å². The lowest BCUT2D eigenvalue weighted by Crippen LogP contribution is -2.83. The second-order valence-corrected chi connectivity index (χ2v) is 8.64. The van der Waals surface area contributed by atoms with Crippen molar-refractivity contribution >= 4 is 10.0 Å². The molecule has 0 aliphatic heterocycles. The molecule has 0 radical (unpaired) electrons. The Hall–Kier alpha value is -1.89. The van der Waals surface area contributed by atoms with E-state index in [9.17, 15) is 8.42 Å². The molecule has 0 aliphatic rings. The van der Waals surface area contributed by atoms with Crippen molar-refractivity contribution in [2.45, 2.75) is 45.2 Å². The van der Waals surface area contributed by atoms with Crippen molar-refractivity contribution in [1.82, 2.24) is 4.31 Å². The maximum Gasteiger partial charge on any atom is 0.243 e. The van der Waals surface area contributed by atoms with E-state index in [1.54, 1.807) is 19.2 Å². The van der Waals surface area contributed by atoms with Gasteiger partial charge in [-0.3, -0.25) is 0 Å². The first-order valence-corrected chi connectivity index (χ1v) is 10.8. The molecule has 0 amide bonds. The van der Waals surface area contributed by atoms with Gasteiger partial charge in [0.15, 0.2) is 0 Å². The van der Waals surface area contributed by atoms with Gasteiger partial charge in [-0.15, -0.1) is 0 Å². The quantitative estimate of drug-likeness (QED) is 0.715. The number of hydrogen-bond donors (Lipinski definition) is 1. The van der Waals surface area contributed by atoms with E-state index >= 15 is 0 Å². The third kappa shape index (κ3) is 5.09. The van der Waals surface area contributed by atoms with Gasteiger partial charge in [0.05, 0.1) is 12.0 Å². The average molecular weight is 392 g/mol. The molecule has 0 heterocycles. The number of benzene rings is 2. The Morgan fingerprint density at radius 1 is 1.07 bits per heavy atom. The van der Waals surface area contributed by atoms with Crippen molar-refractivity contribution in [1.29, 1.82) is 0 Å². The fourth-order valence-electron chi connectivity index (χ4n) is 3.16. The number of ether oxygens (including phenoxy) is 1. The molecule has 0 saturated heterocycles. The van der Waals surface area contributed by atoms with Gasteiger partial charge in [0.1, 0.15) is 18.3 Å². The van der Waals surface area contributed by atoms with Crippen LogP contribution in [0, 0.1) is 6.92 Å². The molecule has 0 aromatic heterocycles. The Balaban J connectivity index is 2.10. The van der Waals surface area contributed by atoms with E-state index < -0.39 is 10.0 Å². The van der Waals surface area contributed by atoms with Crippen LogP contribution in [0.4, 0.5) is 0 Å². The van der Waals surface area contributed by atoms with Gasteiger partial charge in [-0.1, -0.05) is 37.6 Å². The Kier molecular flexibility index (Phi) is 7.41. The van der Waals surface area contributed by atoms with E-state index in [4.69, 9.17) is 4.74 Å². The van der Waals surface area contributed by atoms with Gasteiger partial charge in [0, 0.05) is 24.2 Å². The molecule has 2 aromatic rings. The molecule has 0 saturated carbocycles. The minimum Gasteiger partial charge on any atom is -0.496 e. The molecule has 1 atom stereocenters. The van der Waals surface area contributed by atoms with E-state index in [1.165, 1.54) is 9.87 Å². The van der Waals surface area contributed by atoms with Gasteiger partial charge in [-0.05, 0) is 38.1 Å². The zero-order valence-corrected chi connectivity index (χ0v) is 17.7. The highest BCUT2D eigenvalue weighted by Crippen LogP contribution is 2.20. The van der Waals surface area contributed by atoms with E-state index in [2.05, 4.69) is 25.2 Å². The summed E-state index contributed by atoms with van der Waals surface area (Å²) in [4.78, 5) is 0.350. The zero-order chi connectivity index (χ0) is 20.0. The van der Waals surface area contributed by atoms with Crippen molar-refractivity contribution < 1.29 is 18.5 Å². The summed E-state index contributed by atoms with van der Waals surface area (Å²) in [6.07, 6.45) is 0. The van der Waals surface area contributed by atoms with Crippen molar-refractivity contribution in [3.63, 3.8) is 0 Å². The maximum atomic E-state index is 12.6. The number of quaternary nitrogens is 1. The van der Waals surface area contributed by atoms with E-state index in [0.717, 1.165) is 23.4 Å². The third-order valence-electron chi connectivity index (χ3n) is 4.88. The molecule has 27 heavy (non-hydrogen) atoms. The van der Waals surface area contributed by atoms with Crippen molar-refractivity contribution in [2.75, 3.05) is 20.2 Å². The summed E-state index contributed by atoms with van der Waals surface area (Å²) in [6.45, 7) is 9.65. The highest BCUT2D eigenvalue weighted by molar-refractivity contribution is 7.89. The summed E-state index contributed by atoms with van der Waals surface area (Å²) < 4.78 is 32.1. The van der Waals surface area contributed by atoms with Gasteiger partial charge in [-0.25, -0.2) is 8.42 Å². The van der Waals surface area contributed by atoms with Gasteiger partial charge in [-0.2, -0.15) is 4.31 Å². The first-order chi connectivity index (χ1) is 12.8. The number of nitrogens with zero attached hydrogens (tertiary/aromatic N) is 1. The largest absolute Gasteiger partial charge is 0.496 e. The molecule has 0 fully saturated rings. The van der Waals surface area contributed by atoms with Gasteiger partial charge < -0.3 is 10.1 Å². The predicted octanol–water partition coefficient (Wildman–Crippen LogP) is 2.86. The molecular weight excluding hydrogens is 360 g/mol. The first kappa shape index (κ1) is 21.4. The molecule has 2 N–H and O–H groups in total. The third-order valence-corrected chi connectivity index (χ3v) is 6.94. The number of aryl methyl sites for hydroxylation is 1. The van der Waals surface area contributed by atoms with Crippen LogP contribution >= 0.6 is 0 Å². The average Bonchev–Trinajstić information content (AvgIpc) is 2.67. The summed E-state index contributed by atoms with van der Waals surface area (Å²) in [7, 11) is -1.72. The molecule has 0 aliphatic carbocycles. The second kappa shape index (κ2) is 9.35. The van der Waals surface area contributed by atoms with Crippen molar-refractivity contribution in [3.8, 4) is 5.75 Å². The van der Waals surface area contributed by atoms with E-state index in [-0.39, 0.29) is 6.04 Å². The van der Waals surface area contributed by atoms with Crippen LogP contribution in [0.25, 0.3) is 0 Å². The lowest BCUT2D eigenvalue weighted by molar-refractivity contribution is -0.708. The Bertz CT molecular complexity index is 844. The molecular formula is C21H31N2O3S+. The van der Waals surface area contributed by atoms with Gasteiger partial charge in [0.2, 0.25) is 10.0 Å². The monoisotopic (exact) mass is 391 g/mol. The molecule has 148 valence electrons. The summed E-state index contributed by atoms with van der Waals surface area (Å²) in [5.41, 5.74) is 3.46. The number of hydrogen-bond acceptors (Lipinski definition) is 3. The maximum absolute atomic E-state index is 12.6. The summed E-state index contributed by atoms with van der Waals surface area (Å²) in [6, 6.07) is 13.6. The Morgan fingerprint density at radius 3 is 2.26 bits per heavy atom. The number of methoxy groups -OCH3 is 1. The fourth-order valence-corrected chi connectivity index (χ4v) is 4.62. The zero-order valence-electron chi connectivity index (χ0n) is 16.9. The molecule has 0 unspecified atom stereocenters. The number of sulfonamides is 1. The molecule has 2 aromatic carbocycles. The molecule has 2 rings (SSSR count). The highest BCUT2D eigenvalue weighted by atomic mass is 32.2. The Labute approximate surface area is 163 Å². The standard InChI is InChI=1S/C21H30N2O3S/c1-6-23(7-2)27(24,25)20-11-9-18(10-12-20)17(4)22-15-19-14-16(3)8-13-21(19)26-5/h8-14,17,22H,6-7,15H2,1-5H3/p+1/t17-/m1/s1. The summed E-state index contributed by atoms with van der Waals surface area (Å²) in [5.74, 6) is 0.893. The second-order valence-electron chi connectivity index (χ2n) is 6.70. The molecule has 0 bridgehead atoms. The number of nitrogens with two attached hydrogens (primary N) is 1. The fraction of sp³-hybridized carbons (Fsp3) is 0.429.